The predicted octanol–water partition coefficient (Wildman–Crippen LogP) is -0.357. The molecule has 1 N–H and O–H groups in total. The van der Waals surface area contributed by atoms with Crippen LogP contribution in [-0.4, -0.2) is 42.7 Å². The summed E-state index contributed by atoms with van der Waals surface area (Å²) < 4.78 is 0. The molecule has 1 aliphatic rings. The van der Waals surface area contributed by atoms with E-state index in [9.17, 15) is 9.90 Å². The zero-order chi connectivity index (χ0) is 8.10. The number of carbonyl (C=O) groups excluding carboxylic acids is 1. The Morgan fingerprint density at radius 3 is 3.00 bits per heavy atom. The van der Waals surface area contributed by atoms with Crippen molar-refractivity contribution in [3.05, 3.63) is 0 Å². The van der Waals surface area contributed by atoms with Crippen LogP contribution in [0.2, 0.25) is 0 Å². The Morgan fingerprint density at radius 2 is 2.27 bits per heavy atom. The summed E-state index contributed by atoms with van der Waals surface area (Å²) in [6.45, 7) is 1.70. The van der Waals surface area contributed by atoms with Crippen molar-refractivity contribution in [1.82, 2.24) is 4.81 Å². The van der Waals surface area contributed by atoms with Gasteiger partial charge in [0.05, 0.1) is 12.3 Å². The highest BCUT2D eigenvalue weighted by Gasteiger charge is 2.14. The van der Waals surface area contributed by atoms with Gasteiger partial charge < -0.3 is 14.7 Å². The monoisotopic (exact) mass is 154 g/mol. The summed E-state index contributed by atoms with van der Waals surface area (Å²) in [6, 6.07) is 0. The van der Waals surface area contributed by atoms with Gasteiger partial charge in [0, 0.05) is 0 Å². The Labute approximate surface area is 67.6 Å². The second kappa shape index (κ2) is 4.52. The van der Waals surface area contributed by atoms with E-state index in [0.29, 0.717) is 0 Å². The summed E-state index contributed by atoms with van der Waals surface area (Å²) in [5.41, 5.74) is 0. The molecule has 0 aromatic carbocycles. The molecule has 0 unspecified atom stereocenters. The molecule has 61 valence electrons. The lowest BCUT2D eigenvalue weighted by Crippen LogP contribution is -2.30. The molecule has 0 spiro atoms. The molecule has 1 radical (unpaired) electrons. The van der Waals surface area contributed by atoms with Crippen molar-refractivity contribution in [2.75, 3.05) is 13.1 Å². The molecule has 1 atom stereocenters. The number of hydrogen-bond donors (Lipinski definition) is 1. The molecule has 4 heteroatoms. The minimum absolute atomic E-state index is 0.167. The second-order valence-electron chi connectivity index (χ2n) is 2.91. The van der Waals surface area contributed by atoms with Crippen LogP contribution in [-0.2, 0) is 4.79 Å². The second-order valence-corrected chi connectivity index (χ2v) is 2.91. The molecule has 3 nitrogen and oxygen atoms in total. The molecule has 1 saturated heterocycles. The van der Waals surface area contributed by atoms with E-state index >= 15 is 0 Å². The summed E-state index contributed by atoms with van der Waals surface area (Å²) in [4.78, 5) is 12.1. The number of aliphatic hydroxyl groups is 1. The third-order valence-electron chi connectivity index (χ3n) is 2.00. The van der Waals surface area contributed by atoms with Gasteiger partial charge >= 0.3 is 0 Å². The molecule has 1 rings (SSSR count). The van der Waals surface area contributed by atoms with E-state index in [1.54, 1.807) is 7.41 Å². The zero-order valence-corrected chi connectivity index (χ0v) is 6.57. The van der Waals surface area contributed by atoms with Crippen LogP contribution < -0.4 is 0 Å². The predicted molar refractivity (Wildman–Crippen MR) is 43.9 cm³/mol. The van der Waals surface area contributed by atoms with Gasteiger partial charge in [0.15, 0.2) is 0 Å². The van der Waals surface area contributed by atoms with Crippen molar-refractivity contribution in [3.8, 4) is 0 Å². The van der Waals surface area contributed by atoms with E-state index in [1.165, 1.54) is 0 Å². The molecule has 1 aliphatic heterocycles. The largest absolute Gasteiger partial charge is 0.393 e. The SMILES string of the molecule is O=C[B]N1CCC[C@@H](O)CC1. The summed E-state index contributed by atoms with van der Waals surface area (Å²) in [5, 5.41) is 9.25. The number of nitrogens with zero attached hydrogens (tertiary/aromatic N) is 1. The third kappa shape index (κ3) is 3.03. The Bertz CT molecular complexity index is 132. The standard InChI is InChI=1S/C7H13BNO2/c10-6-8-9-4-1-2-7(11)3-5-9/h6-7,11H,1-5H2/t7-/m1/s1. The maximum Gasteiger partial charge on any atom is 0.293 e. The lowest BCUT2D eigenvalue weighted by Gasteiger charge is -2.14. The third-order valence-corrected chi connectivity index (χ3v) is 2.00. The van der Waals surface area contributed by atoms with Crippen LogP contribution in [0.25, 0.3) is 0 Å². The van der Waals surface area contributed by atoms with Crippen molar-refractivity contribution >= 4 is 13.6 Å². The van der Waals surface area contributed by atoms with Crippen LogP contribution >= 0.6 is 0 Å². The molecule has 0 amide bonds. The van der Waals surface area contributed by atoms with Crippen molar-refractivity contribution in [2.45, 2.75) is 25.4 Å². The fourth-order valence-corrected chi connectivity index (χ4v) is 1.34. The minimum atomic E-state index is -0.167. The average molecular weight is 154 g/mol. The number of hydrogen-bond acceptors (Lipinski definition) is 3. The molecule has 1 fully saturated rings. The normalized spacial score (nSPS) is 27.5. The van der Waals surface area contributed by atoms with Crippen molar-refractivity contribution in [3.63, 3.8) is 0 Å². The molecule has 1 heterocycles. The van der Waals surface area contributed by atoms with E-state index in [0.717, 1.165) is 38.5 Å². The van der Waals surface area contributed by atoms with E-state index in [2.05, 4.69) is 0 Å². The van der Waals surface area contributed by atoms with Crippen LogP contribution in [0.5, 0.6) is 0 Å². The van der Waals surface area contributed by atoms with Gasteiger partial charge in [-0.25, -0.2) is 0 Å². The van der Waals surface area contributed by atoms with Gasteiger partial charge in [0.1, 0.15) is 0 Å². The fourth-order valence-electron chi connectivity index (χ4n) is 1.34. The van der Waals surface area contributed by atoms with Gasteiger partial charge in [0.25, 0.3) is 7.41 Å². The van der Waals surface area contributed by atoms with Crippen molar-refractivity contribution in [2.24, 2.45) is 0 Å². The lowest BCUT2D eigenvalue weighted by molar-refractivity contribution is 0.159. The average Bonchev–Trinajstić information content (AvgIpc) is 2.17. The van der Waals surface area contributed by atoms with Crippen molar-refractivity contribution < 1.29 is 9.90 Å². The van der Waals surface area contributed by atoms with Crippen LogP contribution in [0.1, 0.15) is 19.3 Å². The smallest absolute Gasteiger partial charge is 0.293 e. The summed E-state index contributed by atoms with van der Waals surface area (Å²) in [7, 11) is 1.55. The first-order valence-corrected chi connectivity index (χ1v) is 4.03. The molecule has 0 bridgehead atoms. The topological polar surface area (TPSA) is 40.5 Å². The Kier molecular flexibility index (Phi) is 3.59. The lowest BCUT2D eigenvalue weighted by atomic mass is 9.94. The molecule has 0 aromatic rings. The maximum atomic E-state index is 10.1. The summed E-state index contributed by atoms with van der Waals surface area (Å²) in [6.07, 6.45) is 3.26. The number of rotatable bonds is 2. The highest BCUT2D eigenvalue weighted by atomic mass is 16.3. The van der Waals surface area contributed by atoms with E-state index < -0.39 is 0 Å². The van der Waals surface area contributed by atoms with Gasteiger partial charge in [-0.15, -0.1) is 0 Å². The molecule has 0 aliphatic carbocycles. The molecular formula is C7H13BNO2. The van der Waals surface area contributed by atoms with Crippen LogP contribution in [0.15, 0.2) is 0 Å². The van der Waals surface area contributed by atoms with E-state index in [4.69, 9.17) is 0 Å². The van der Waals surface area contributed by atoms with Gasteiger partial charge in [-0.05, 0) is 32.4 Å². The van der Waals surface area contributed by atoms with Gasteiger partial charge in [-0.3, -0.25) is 0 Å². The van der Waals surface area contributed by atoms with E-state index in [-0.39, 0.29) is 6.10 Å². The fraction of sp³-hybridized carbons (Fsp3) is 0.857. The van der Waals surface area contributed by atoms with Gasteiger partial charge in [0.2, 0.25) is 0 Å². The Hall–Kier alpha value is -0.345. The first kappa shape index (κ1) is 8.75. The molecule has 11 heavy (non-hydrogen) atoms. The van der Waals surface area contributed by atoms with Crippen LogP contribution in [0.3, 0.4) is 0 Å². The van der Waals surface area contributed by atoms with Gasteiger partial charge in [-0.1, -0.05) is 0 Å². The quantitative estimate of drug-likeness (QED) is 0.436. The summed E-state index contributed by atoms with van der Waals surface area (Å²) in [5.74, 6) is 0. The highest BCUT2D eigenvalue weighted by molar-refractivity contribution is 6.64. The first-order chi connectivity index (χ1) is 5.33. The molecule has 0 aromatic heterocycles. The maximum absolute atomic E-state index is 10.1. The van der Waals surface area contributed by atoms with Crippen molar-refractivity contribution in [1.29, 1.82) is 0 Å². The highest BCUT2D eigenvalue weighted by Crippen LogP contribution is 2.08. The summed E-state index contributed by atoms with van der Waals surface area (Å²) >= 11 is 0. The molecular weight excluding hydrogens is 141 g/mol. The molecule has 0 saturated carbocycles. The Balaban J connectivity index is 2.27. The van der Waals surface area contributed by atoms with Gasteiger partial charge in [-0.2, -0.15) is 0 Å². The number of aliphatic hydroxyl groups excluding tert-OH is 1. The minimum Gasteiger partial charge on any atom is -0.393 e. The van der Waals surface area contributed by atoms with E-state index in [1.807, 2.05) is 4.81 Å². The first-order valence-electron chi connectivity index (χ1n) is 4.03. The number of carbonyl (C=O) groups is 1. The van der Waals surface area contributed by atoms with Crippen LogP contribution in [0.4, 0.5) is 0 Å². The zero-order valence-electron chi connectivity index (χ0n) is 6.57. The Morgan fingerprint density at radius 1 is 1.45 bits per heavy atom. The van der Waals surface area contributed by atoms with Crippen LogP contribution in [0, 0.1) is 0 Å².